The Kier molecular flexibility index (Phi) is 6.60. The van der Waals surface area contributed by atoms with Crippen LogP contribution in [0.5, 0.6) is 0 Å². The van der Waals surface area contributed by atoms with E-state index in [1.807, 2.05) is 0 Å². The van der Waals surface area contributed by atoms with E-state index in [4.69, 9.17) is 23.2 Å². The monoisotopic (exact) mass is 394 g/mol. The first-order chi connectivity index (χ1) is 12.3. The van der Waals surface area contributed by atoms with Gasteiger partial charge in [0.05, 0.1) is 0 Å². The number of halogens is 2. The molecule has 2 amide bonds. The zero-order valence-electron chi connectivity index (χ0n) is 13.8. The van der Waals surface area contributed by atoms with Crippen LogP contribution in [0.25, 0.3) is 0 Å². The standard InChI is InChI=1S/C18H16Cl2N2O4/c1-10(23)21-12-5-2-4-11(8-12)17(24)22-16(18(25)26)9-13-14(19)6-3-7-15(13)20/h2-8,16H,9H2,1H3,(H,21,23)(H,22,24)(H,25,26)/t16-/m0/s1. The average molecular weight is 395 g/mol. The number of nitrogens with one attached hydrogen (secondary N) is 2. The molecule has 0 aliphatic rings. The summed E-state index contributed by atoms with van der Waals surface area (Å²) in [4.78, 5) is 35.1. The van der Waals surface area contributed by atoms with Gasteiger partial charge in [0.15, 0.2) is 0 Å². The molecule has 3 N–H and O–H groups in total. The number of amides is 2. The summed E-state index contributed by atoms with van der Waals surface area (Å²) in [6, 6.07) is 9.80. The van der Waals surface area contributed by atoms with Crippen LogP contribution in [0.1, 0.15) is 22.8 Å². The van der Waals surface area contributed by atoms with E-state index in [1.54, 1.807) is 30.3 Å². The SMILES string of the molecule is CC(=O)Nc1cccc(C(=O)N[C@@H](Cc2c(Cl)cccc2Cl)C(=O)O)c1. The van der Waals surface area contributed by atoms with Crippen LogP contribution in [0.4, 0.5) is 5.69 Å². The smallest absolute Gasteiger partial charge is 0.326 e. The lowest BCUT2D eigenvalue weighted by atomic mass is 10.0. The normalized spacial score (nSPS) is 11.5. The van der Waals surface area contributed by atoms with Crippen molar-refractivity contribution in [2.75, 3.05) is 5.32 Å². The van der Waals surface area contributed by atoms with Crippen molar-refractivity contribution >= 4 is 46.7 Å². The van der Waals surface area contributed by atoms with E-state index in [9.17, 15) is 19.5 Å². The maximum absolute atomic E-state index is 12.4. The molecule has 136 valence electrons. The number of aliphatic carboxylic acids is 1. The van der Waals surface area contributed by atoms with E-state index in [0.29, 0.717) is 21.3 Å². The van der Waals surface area contributed by atoms with Gasteiger partial charge in [-0.25, -0.2) is 4.79 Å². The van der Waals surface area contributed by atoms with E-state index in [0.717, 1.165) is 0 Å². The molecule has 8 heteroatoms. The van der Waals surface area contributed by atoms with Gasteiger partial charge in [-0.1, -0.05) is 35.3 Å². The van der Waals surface area contributed by atoms with Gasteiger partial charge in [-0.2, -0.15) is 0 Å². The maximum atomic E-state index is 12.4. The van der Waals surface area contributed by atoms with Crippen molar-refractivity contribution < 1.29 is 19.5 Å². The fraction of sp³-hybridized carbons (Fsp3) is 0.167. The topological polar surface area (TPSA) is 95.5 Å². The molecule has 0 aliphatic carbocycles. The minimum Gasteiger partial charge on any atom is -0.480 e. The molecule has 0 unspecified atom stereocenters. The Bertz CT molecular complexity index is 835. The van der Waals surface area contributed by atoms with Crippen LogP contribution in [0.2, 0.25) is 10.0 Å². The number of hydrogen-bond donors (Lipinski definition) is 3. The van der Waals surface area contributed by atoms with Crippen LogP contribution >= 0.6 is 23.2 Å². The van der Waals surface area contributed by atoms with E-state index >= 15 is 0 Å². The fourth-order valence-corrected chi connectivity index (χ4v) is 2.87. The van der Waals surface area contributed by atoms with Gasteiger partial charge in [-0.05, 0) is 35.9 Å². The third-order valence-corrected chi connectivity index (χ3v) is 4.23. The summed E-state index contributed by atoms with van der Waals surface area (Å²) >= 11 is 12.1. The van der Waals surface area contributed by atoms with Crippen molar-refractivity contribution in [2.45, 2.75) is 19.4 Å². The Labute approximate surface area is 160 Å². The van der Waals surface area contributed by atoms with Gasteiger partial charge < -0.3 is 15.7 Å². The van der Waals surface area contributed by atoms with Gasteiger partial charge in [0.25, 0.3) is 5.91 Å². The summed E-state index contributed by atoms with van der Waals surface area (Å²) in [5, 5.41) is 15.1. The van der Waals surface area contributed by atoms with Gasteiger partial charge in [0.2, 0.25) is 5.91 Å². The van der Waals surface area contributed by atoms with Crippen molar-refractivity contribution in [3.8, 4) is 0 Å². The van der Waals surface area contributed by atoms with Gasteiger partial charge in [0.1, 0.15) is 6.04 Å². The molecule has 0 heterocycles. The van der Waals surface area contributed by atoms with E-state index in [2.05, 4.69) is 10.6 Å². The number of carboxylic acids is 1. The minimum absolute atomic E-state index is 0.0645. The van der Waals surface area contributed by atoms with Gasteiger partial charge in [-0.3, -0.25) is 9.59 Å². The van der Waals surface area contributed by atoms with E-state index in [-0.39, 0.29) is 17.9 Å². The maximum Gasteiger partial charge on any atom is 0.326 e. The number of carbonyl (C=O) groups is 3. The summed E-state index contributed by atoms with van der Waals surface area (Å²) in [5.41, 5.74) is 1.09. The quantitative estimate of drug-likeness (QED) is 0.699. The van der Waals surface area contributed by atoms with Crippen molar-refractivity contribution in [1.29, 1.82) is 0 Å². The minimum atomic E-state index is -1.22. The predicted molar refractivity (Wildman–Crippen MR) is 99.8 cm³/mol. The Morgan fingerprint density at radius 2 is 1.69 bits per heavy atom. The lowest BCUT2D eigenvalue weighted by Crippen LogP contribution is -2.42. The zero-order valence-corrected chi connectivity index (χ0v) is 15.3. The summed E-state index contributed by atoms with van der Waals surface area (Å²) < 4.78 is 0. The highest BCUT2D eigenvalue weighted by Crippen LogP contribution is 2.25. The van der Waals surface area contributed by atoms with Crippen LogP contribution in [-0.4, -0.2) is 28.9 Å². The Morgan fingerprint density at radius 3 is 2.27 bits per heavy atom. The molecule has 0 spiro atoms. The lowest BCUT2D eigenvalue weighted by Gasteiger charge is -2.16. The molecule has 0 fully saturated rings. The number of benzene rings is 2. The first kappa shape index (κ1) is 19.8. The van der Waals surface area contributed by atoms with Gasteiger partial charge >= 0.3 is 5.97 Å². The molecule has 26 heavy (non-hydrogen) atoms. The second kappa shape index (κ2) is 8.69. The van der Waals surface area contributed by atoms with Gasteiger partial charge in [0, 0.05) is 34.6 Å². The molecular weight excluding hydrogens is 379 g/mol. The Morgan fingerprint density at radius 1 is 1.08 bits per heavy atom. The summed E-state index contributed by atoms with van der Waals surface area (Å²) in [6.07, 6.45) is -0.0645. The summed E-state index contributed by atoms with van der Waals surface area (Å²) in [7, 11) is 0. The molecule has 1 atom stereocenters. The van der Waals surface area contributed by atoms with Crippen molar-refractivity contribution in [1.82, 2.24) is 5.32 Å². The first-order valence-electron chi connectivity index (χ1n) is 7.62. The average Bonchev–Trinajstić information content (AvgIpc) is 2.56. The molecule has 0 aromatic heterocycles. The molecule has 0 aliphatic heterocycles. The first-order valence-corrected chi connectivity index (χ1v) is 8.37. The second-order valence-electron chi connectivity index (χ2n) is 5.53. The van der Waals surface area contributed by atoms with E-state index < -0.39 is 17.9 Å². The van der Waals surface area contributed by atoms with Crippen molar-refractivity contribution in [3.63, 3.8) is 0 Å². The number of carboxylic acid groups (broad SMARTS) is 1. The summed E-state index contributed by atoms with van der Waals surface area (Å²) in [6.45, 7) is 1.35. The van der Waals surface area contributed by atoms with Crippen molar-refractivity contribution in [2.24, 2.45) is 0 Å². The number of carbonyl (C=O) groups excluding carboxylic acids is 2. The summed E-state index contributed by atoms with van der Waals surface area (Å²) in [5.74, 6) is -2.08. The highest BCUT2D eigenvalue weighted by Gasteiger charge is 2.23. The lowest BCUT2D eigenvalue weighted by molar-refractivity contribution is -0.139. The third kappa shape index (κ3) is 5.21. The molecule has 0 radical (unpaired) electrons. The van der Waals surface area contributed by atoms with Crippen LogP contribution in [0.3, 0.4) is 0 Å². The predicted octanol–water partition coefficient (Wildman–Crippen LogP) is 3.38. The molecule has 6 nitrogen and oxygen atoms in total. The zero-order chi connectivity index (χ0) is 19.3. The van der Waals surface area contributed by atoms with Gasteiger partial charge in [-0.15, -0.1) is 0 Å². The molecule has 2 rings (SSSR count). The Hall–Kier alpha value is -2.57. The van der Waals surface area contributed by atoms with Crippen LogP contribution in [-0.2, 0) is 16.0 Å². The highest BCUT2D eigenvalue weighted by atomic mass is 35.5. The number of hydrogen-bond acceptors (Lipinski definition) is 3. The van der Waals surface area contributed by atoms with E-state index in [1.165, 1.54) is 19.1 Å². The Balaban J connectivity index is 2.18. The number of rotatable bonds is 6. The second-order valence-corrected chi connectivity index (χ2v) is 6.35. The molecule has 0 bridgehead atoms. The molecule has 0 saturated heterocycles. The third-order valence-electron chi connectivity index (χ3n) is 3.52. The fourth-order valence-electron chi connectivity index (χ4n) is 2.31. The largest absolute Gasteiger partial charge is 0.480 e. The van der Waals surface area contributed by atoms with Crippen molar-refractivity contribution in [3.05, 3.63) is 63.6 Å². The molecule has 2 aromatic rings. The van der Waals surface area contributed by atoms with Crippen LogP contribution in [0, 0.1) is 0 Å². The van der Waals surface area contributed by atoms with Crippen LogP contribution in [0.15, 0.2) is 42.5 Å². The molecule has 2 aromatic carbocycles. The molecule has 0 saturated carbocycles. The van der Waals surface area contributed by atoms with Crippen LogP contribution < -0.4 is 10.6 Å². The number of anilines is 1. The highest BCUT2D eigenvalue weighted by molar-refractivity contribution is 6.36. The molecular formula is C18H16Cl2N2O4.